The molecule has 1 rings (SSSR count). The van der Waals surface area contributed by atoms with E-state index in [1.54, 1.807) is 0 Å². The molecule has 1 atom stereocenters. The van der Waals surface area contributed by atoms with E-state index in [1.807, 2.05) is 20.8 Å². The fourth-order valence-electron chi connectivity index (χ4n) is 2.46. The minimum Gasteiger partial charge on any atom is -0.396 e. The molecule has 3 nitrogen and oxygen atoms in total. The molecule has 1 aliphatic heterocycles. The fourth-order valence-corrected chi connectivity index (χ4v) is 2.46. The van der Waals surface area contributed by atoms with Crippen molar-refractivity contribution in [1.82, 2.24) is 4.90 Å². The highest BCUT2D eigenvalue weighted by molar-refractivity contribution is 5.83. The molecule has 1 unspecified atom stereocenters. The number of hydrogen-bond donors (Lipinski definition) is 1. The van der Waals surface area contributed by atoms with Gasteiger partial charge in [0.1, 0.15) is 5.78 Å². The first-order valence-electron chi connectivity index (χ1n) is 6.83. The molecule has 0 saturated carbocycles. The SMILES string of the molecule is CC(C)(C)C(=O)CCN1CCCC1CCCO. The maximum Gasteiger partial charge on any atom is 0.139 e. The molecule has 1 saturated heterocycles. The van der Waals surface area contributed by atoms with E-state index < -0.39 is 0 Å². The van der Waals surface area contributed by atoms with Crippen molar-refractivity contribution in [3.63, 3.8) is 0 Å². The van der Waals surface area contributed by atoms with Crippen LogP contribution in [-0.4, -0.2) is 41.5 Å². The molecule has 0 aliphatic carbocycles. The number of ketones is 1. The van der Waals surface area contributed by atoms with Crippen LogP contribution in [0.4, 0.5) is 0 Å². The van der Waals surface area contributed by atoms with Crippen molar-refractivity contribution in [2.24, 2.45) is 5.41 Å². The molecule has 0 amide bonds. The van der Waals surface area contributed by atoms with Crippen molar-refractivity contribution < 1.29 is 9.90 Å². The van der Waals surface area contributed by atoms with Crippen molar-refractivity contribution in [3.8, 4) is 0 Å². The van der Waals surface area contributed by atoms with Crippen molar-refractivity contribution in [3.05, 3.63) is 0 Å². The lowest BCUT2D eigenvalue weighted by molar-refractivity contribution is -0.126. The normalized spacial score (nSPS) is 22.0. The van der Waals surface area contributed by atoms with Crippen LogP contribution in [0, 0.1) is 5.41 Å². The molecule has 17 heavy (non-hydrogen) atoms. The zero-order valence-electron chi connectivity index (χ0n) is 11.5. The Morgan fingerprint density at radius 2 is 2.12 bits per heavy atom. The van der Waals surface area contributed by atoms with E-state index in [2.05, 4.69) is 4.90 Å². The minimum atomic E-state index is -0.208. The highest BCUT2D eigenvalue weighted by Gasteiger charge is 2.26. The number of rotatable bonds is 6. The summed E-state index contributed by atoms with van der Waals surface area (Å²) in [5, 5.41) is 8.87. The molecule has 0 radical (unpaired) electrons. The maximum absolute atomic E-state index is 11.9. The van der Waals surface area contributed by atoms with Crippen LogP contribution in [0.3, 0.4) is 0 Å². The van der Waals surface area contributed by atoms with Gasteiger partial charge in [-0.15, -0.1) is 0 Å². The molecule has 3 heteroatoms. The molecule has 0 bridgehead atoms. The number of hydrogen-bond acceptors (Lipinski definition) is 3. The van der Waals surface area contributed by atoms with Gasteiger partial charge in [-0.25, -0.2) is 0 Å². The second-order valence-electron chi connectivity index (χ2n) is 6.12. The van der Waals surface area contributed by atoms with Crippen LogP contribution in [0.5, 0.6) is 0 Å². The van der Waals surface area contributed by atoms with Gasteiger partial charge in [-0.3, -0.25) is 9.69 Å². The van der Waals surface area contributed by atoms with Gasteiger partial charge >= 0.3 is 0 Å². The van der Waals surface area contributed by atoms with Gasteiger partial charge in [0.2, 0.25) is 0 Å². The monoisotopic (exact) mass is 241 g/mol. The lowest BCUT2D eigenvalue weighted by atomic mass is 9.89. The summed E-state index contributed by atoms with van der Waals surface area (Å²) in [6.07, 6.45) is 5.08. The van der Waals surface area contributed by atoms with E-state index in [0.29, 0.717) is 18.2 Å². The van der Waals surface area contributed by atoms with Gasteiger partial charge in [0.25, 0.3) is 0 Å². The van der Waals surface area contributed by atoms with E-state index in [1.165, 1.54) is 12.8 Å². The highest BCUT2D eigenvalue weighted by atomic mass is 16.2. The second kappa shape index (κ2) is 6.50. The summed E-state index contributed by atoms with van der Waals surface area (Å²) < 4.78 is 0. The van der Waals surface area contributed by atoms with Crippen LogP contribution in [-0.2, 0) is 4.79 Å². The summed E-state index contributed by atoms with van der Waals surface area (Å²) in [6, 6.07) is 0.593. The average molecular weight is 241 g/mol. The smallest absolute Gasteiger partial charge is 0.139 e. The standard InChI is InChI=1S/C14H27NO2/c1-14(2,3)13(17)8-10-15-9-4-6-12(15)7-5-11-16/h12,16H,4-11H2,1-3H3. The van der Waals surface area contributed by atoms with Gasteiger partial charge in [-0.05, 0) is 32.2 Å². The summed E-state index contributed by atoms with van der Waals surface area (Å²) >= 11 is 0. The van der Waals surface area contributed by atoms with Crippen LogP contribution in [0.25, 0.3) is 0 Å². The Morgan fingerprint density at radius 3 is 2.71 bits per heavy atom. The molecule has 0 aromatic carbocycles. The van der Waals surface area contributed by atoms with Crippen molar-refractivity contribution in [2.45, 2.75) is 58.9 Å². The molecular weight excluding hydrogens is 214 g/mol. The number of aliphatic hydroxyl groups is 1. The third-order valence-electron chi connectivity index (χ3n) is 3.66. The summed E-state index contributed by atoms with van der Waals surface area (Å²) in [5.41, 5.74) is -0.208. The molecular formula is C14H27NO2. The first kappa shape index (κ1) is 14.7. The first-order chi connectivity index (χ1) is 7.95. The van der Waals surface area contributed by atoms with Crippen molar-refractivity contribution >= 4 is 5.78 Å². The predicted octanol–water partition coefficient (Wildman–Crippen LogP) is 2.23. The number of nitrogens with zero attached hydrogens (tertiary/aromatic N) is 1. The third-order valence-corrected chi connectivity index (χ3v) is 3.66. The number of carbonyl (C=O) groups is 1. The van der Waals surface area contributed by atoms with Crippen molar-refractivity contribution in [2.75, 3.05) is 19.7 Å². The largest absolute Gasteiger partial charge is 0.396 e. The molecule has 1 aliphatic rings. The Bertz CT molecular complexity index is 245. The topological polar surface area (TPSA) is 40.5 Å². The summed E-state index contributed by atoms with van der Waals surface area (Å²) in [5.74, 6) is 0.352. The number of aliphatic hydroxyl groups excluding tert-OH is 1. The highest BCUT2D eigenvalue weighted by Crippen LogP contribution is 2.23. The third kappa shape index (κ3) is 4.76. The first-order valence-corrected chi connectivity index (χ1v) is 6.83. The Balaban J connectivity index is 2.33. The van der Waals surface area contributed by atoms with E-state index in [0.717, 1.165) is 25.9 Å². The summed E-state index contributed by atoms with van der Waals surface area (Å²) in [6.45, 7) is 8.26. The van der Waals surface area contributed by atoms with Crippen LogP contribution < -0.4 is 0 Å². The van der Waals surface area contributed by atoms with Gasteiger partial charge in [0.15, 0.2) is 0 Å². The predicted molar refractivity (Wildman–Crippen MR) is 70.0 cm³/mol. The Morgan fingerprint density at radius 1 is 1.41 bits per heavy atom. The molecule has 1 heterocycles. The number of Topliss-reactive ketones (excluding diaryl/α,β-unsaturated/α-hetero) is 1. The van der Waals surface area contributed by atoms with E-state index >= 15 is 0 Å². The number of likely N-dealkylation sites (tertiary alicyclic amines) is 1. The van der Waals surface area contributed by atoms with Crippen LogP contribution in [0.15, 0.2) is 0 Å². The quantitative estimate of drug-likeness (QED) is 0.775. The Hall–Kier alpha value is -0.410. The minimum absolute atomic E-state index is 0.208. The van der Waals surface area contributed by atoms with Crippen LogP contribution >= 0.6 is 0 Å². The Kier molecular flexibility index (Phi) is 5.60. The van der Waals surface area contributed by atoms with Gasteiger partial charge in [0, 0.05) is 31.0 Å². The Labute approximate surface area is 105 Å². The van der Waals surface area contributed by atoms with Crippen molar-refractivity contribution in [1.29, 1.82) is 0 Å². The zero-order valence-corrected chi connectivity index (χ0v) is 11.5. The van der Waals surface area contributed by atoms with E-state index in [4.69, 9.17) is 5.11 Å². The van der Waals surface area contributed by atoms with Gasteiger partial charge in [-0.1, -0.05) is 20.8 Å². The summed E-state index contributed by atoms with van der Waals surface area (Å²) in [7, 11) is 0. The lowest BCUT2D eigenvalue weighted by Crippen LogP contribution is -2.33. The number of carbonyl (C=O) groups excluding carboxylic acids is 1. The van der Waals surface area contributed by atoms with Gasteiger partial charge < -0.3 is 5.11 Å². The summed E-state index contributed by atoms with van der Waals surface area (Å²) in [4.78, 5) is 14.3. The van der Waals surface area contributed by atoms with Gasteiger partial charge in [0.05, 0.1) is 0 Å². The van der Waals surface area contributed by atoms with Crippen LogP contribution in [0.1, 0.15) is 52.9 Å². The van der Waals surface area contributed by atoms with Gasteiger partial charge in [-0.2, -0.15) is 0 Å². The van der Waals surface area contributed by atoms with E-state index in [9.17, 15) is 4.79 Å². The molecule has 1 fully saturated rings. The molecule has 1 N–H and O–H groups in total. The molecule has 0 aromatic heterocycles. The second-order valence-corrected chi connectivity index (χ2v) is 6.12. The average Bonchev–Trinajstić information content (AvgIpc) is 2.69. The maximum atomic E-state index is 11.9. The molecule has 0 aromatic rings. The van der Waals surface area contributed by atoms with E-state index in [-0.39, 0.29) is 12.0 Å². The lowest BCUT2D eigenvalue weighted by Gasteiger charge is -2.25. The zero-order chi connectivity index (χ0) is 12.9. The fraction of sp³-hybridized carbons (Fsp3) is 0.929. The molecule has 100 valence electrons. The molecule has 0 spiro atoms. The van der Waals surface area contributed by atoms with Crippen LogP contribution in [0.2, 0.25) is 0 Å².